The van der Waals surface area contributed by atoms with Crippen LogP contribution in [-0.2, 0) is 0 Å². The average molecular weight is 331 g/mol. The summed E-state index contributed by atoms with van der Waals surface area (Å²) < 4.78 is 0. The summed E-state index contributed by atoms with van der Waals surface area (Å²) in [4.78, 5) is 20.2. The maximum atomic E-state index is 12.6. The van der Waals surface area contributed by atoms with E-state index in [2.05, 4.69) is 9.84 Å². The van der Waals surface area contributed by atoms with E-state index in [0.29, 0.717) is 26.9 Å². The van der Waals surface area contributed by atoms with Gasteiger partial charge in [0, 0.05) is 28.2 Å². The van der Waals surface area contributed by atoms with Gasteiger partial charge in [-0.3, -0.25) is 14.6 Å². The van der Waals surface area contributed by atoms with Crippen LogP contribution in [0.2, 0.25) is 10.0 Å². The van der Waals surface area contributed by atoms with Crippen LogP contribution in [0.25, 0.3) is 4.85 Å². The summed E-state index contributed by atoms with van der Waals surface area (Å²) in [6.45, 7) is 7.38. The first-order valence-electron chi connectivity index (χ1n) is 6.45. The number of carbonyl (C=O) groups is 1. The normalized spacial score (nSPS) is 12.5. The minimum Gasteiger partial charge on any atom is -0.298 e. The van der Waals surface area contributed by atoms with Gasteiger partial charge in [0.1, 0.15) is 5.71 Å². The van der Waals surface area contributed by atoms with Gasteiger partial charge < -0.3 is 0 Å². The topological polar surface area (TPSA) is 33.8 Å². The molecule has 22 heavy (non-hydrogen) atoms. The van der Waals surface area contributed by atoms with E-state index >= 15 is 0 Å². The van der Waals surface area contributed by atoms with Gasteiger partial charge in [-0.2, -0.15) is 0 Å². The first kappa shape index (κ1) is 16.2. The van der Waals surface area contributed by atoms with Gasteiger partial charge in [-0.1, -0.05) is 35.3 Å². The number of hydrogen-bond donors (Lipinski definition) is 0. The van der Waals surface area contributed by atoms with Crippen LogP contribution in [0, 0.1) is 6.57 Å². The van der Waals surface area contributed by atoms with Crippen molar-refractivity contribution in [1.29, 1.82) is 0 Å². The number of carbonyl (C=O) groups excluding carboxylic acids is 1. The van der Waals surface area contributed by atoms with Crippen LogP contribution in [0.3, 0.4) is 0 Å². The predicted molar refractivity (Wildman–Crippen MR) is 90.1 cm³/mol. The highest BCUT2D eigenvalue weighted by Gasteiger charge is 2.31. The highest BCUT2D eigenvalue weighted by atomic mass is 35.5. The fourth-order valence-electron chi connectivity index (χ4n) is 2.05. The van der Waals surface area contributed by atoms with E-state index in [1.807, 2.05) is 0 Å². The van der Waals surface area contributed by atoms with Gasteiger partial charge in [0.25, 0.3) is 5.78 Å². The summed E-state index contributed by atoms with van der Waals surface area (Å²) >= 11 is 11.7. The van der Waals surface area contributed by atoms with Crippen molar-refractivity contribution in [2.75, 3.05) is 7.05 Å². The van der Waals surface area contributed by atoms with Crippen molar-refractivity contribution in [3.05, 3.63) is 81.1 Å². The molecule has 0 spiro atoms. The number of aliphatic imine (C=N–C) groups is 1. The molecule has 0 saturated carbocycles. The van der Waals surface area contributed by atoms with Crippen molar-refractivity contribution < 1.29 is 4.79 Å². The van der Waals surface area contributed by atoms with E-state index in [9.17, 15) is 4.79 Å². The second-order valence-electron chi connectivity index (χ2n) is 4.52. The van der Waals surface area contributed by atoms with Gasteiger partial charge >= 0.3 is 6.04 Å². The molecule has 2 rings (SSSR count). The zero-order valence-corrected chi connectivity index (χ0v) is 13.3. The number of halogens is 2. The van der Waals surface area contributed by atoms with E-state index < -0.39 is 6.04 Å². The van der Waals surface area contributed by atoms with Crippen LogP contribution in [-0.4, -0.2) is 24.6 Å². The minimum absolute atomic E-state index is 0.304. The Balaban J connectivity index is 2.37. The smallest absolute Gasteiger partial charge is 0.298 e. The molecule has 0 heterocycles. The third-order valence-electron chi connectivity index (χ3n) is 3.15. The summed E-state index contributed by atoms with van der Waals surface area (Å²) in [7, 11) is 1.57. The van der Waals surface area contributed by atoms with Crippen molar-refractivity contribution >= 4 is 34.7 Å². The number of hydrogen-bond acceptors (Lipinski definition) is 2. The summed E-state index contributed by atoms with van der Waals surface area (Å²) in [6.07, 6.45) is 0. The van der Waals surface area contributed by atoms with Crippen molar-refractivity contribution in [3.63, 3.8) is 0 Å². The first-order chi connectivity index (χ1) is 10.6. The van der Waals surface area contributed by atoms with Gasteiger partial charge in [0.2, 0.25) is 0 Å². The Morgan fingerprint density at radius 2 is 1.45 bits per heavy atom. The zero-order chi connectivity index (χ0) is 16.1. The molecule has 5 heteroatoms. The predicted octanol–water partition coefficient (Wildman–Crippen LogP) is 4.58. The molecule has 0 amide bonds. The summed E-state index contributed by atoms with van der Waals surface area (Å²) in [5.41, 5.74) is 1.56. The molecule has 0 aliphatic carbocycles. The average Bonchev–Trinajstić information content (AvgIpc) is 2.53. The number of Topliss-reactive ketones (excluding diaryl/α,β-unsaturated/α-hetero) is 1. The fourth-order valence-corrected chi connectivity index (χ4v) is 2.30. The van der Waals surface area contributed by atoms with E-state index in [4.69, 9.17) is 29.8 Å². The summed E-state index contributed by atoms with van der Waals surface area (Å²) in [5.74, 6) is -0.304. The fraction of sp³-hybridized carbons (Fsp3) is 0.118. The zero-order valence-electron chi connectivity index (χ0n) is 11.8. The van der Waals surface area contributed by atoms with Crippen molar-refractivity contribution in [3.8, 4) is 0 Å². The van der Waals surface area contributed by atoms with E-state index in [1.165, 1.54) is 0 Å². The molecule has 0 bridgehead atoms. The Hall–Kier alpha value is -2.15. The van der Waals surface area contributed by atoms with Crippen LogP contribution in [0.15, 0.2) is 53.5 Å². The highest BCUT2D eigenvalue weighted by molar-refractivity contribution is 6.31. The molecule has 1 unspecified atom stereocenters. The molecule has 0 N–H and O–H groups in total. The Kier molecular flexibility index (Phi) is 5.32. The Bertz CT molecular complexity index is 744. The summed E-state index contributed by atoms with van der Waals surface area (Å²) in [5, 5.41) is 1.13. The van der Waals surface area contributed by atoms with Gasteiger partial charge in [-0.25, -0.2) is 6.57 Å². The van der Waals surface area contributed by atoms with Crippen molar-refractivity contribution in [2.45, 2.75) is 6.04 Å². The lowest BCUT2D eigenvalue weighted by Crippen LogP contribution is -2.28. The van der Waals surface area contributed by atoms with Crippen molar-refractivity contribution in [1.82, 2.24) is 0 Å². The molecule has 0 aliphatic heterocycles. The summed E-state index contributed by atoms with van der Waals surface area (Å²) in [6, 6.07) is 12.4. The quantitative estimate of drug-likeness (QED) is 0.458. The lowest BCUT2D eigenvalue weighted by molar-refractivity contribution is 0.0995. The third kappa shape index (κ3) is 3.54. The second-order valence-corrected chi connectivity index (χ2v) is 5.39. The van der Waals surface area contributed by atoms with Gasteiger partial charge in [0.05, 0.1) is 0 Å². The molecule has 2 aromatic carbocycles. The van der Waals surface area contributed by atoms with Crippen LogP contribution in [0.4, 0.5) is 0 Å². The van der Waals surface area contributed by atoms with Crippen LogP contribution in [0.5, 0.6) is 0 Å². The lowest BCUT2D eigenvalue weighted by Gasteiger charge is -2.09. The van der Waals surface area contributed by atoms with Crippen LogP contribution < -0.4 is 0 Å². The Labute approximate surface area is 139 Å². The molecule has 0 saturated heterocycles. The second kappa shape index (κ2) is 7.22. The van der Waals surface area contributed by atoms with Crippen molar-refractivity contribution in [2.24, 2.45) is 4.99 Å². The molecule has 0 aromatic heterocycles. The maximum Gasteiger partial charge on any atom is 0.327 e. The molecular weight excluding hydrogens is 319 g/mol. The number of nitrogens with zero attached hydrogens (tertiary/aromatic N) is 2. The van der Waals surface area contributed by atoms with Gasteiger partial charge in [0.15, 0.2) is 0 Å². The first-order valence-corrected chi connectivity index (χ1v) is 7.21. The van der Waals surface area contributed by atoms with E-state index in [1.54, 1.807) is 55.6 Å². The SMILES string of the molecule is [C-]#[N+]C(C(=O)c1ccc(Cl)cc1)C(=NC)c1ccc(Cl)cc1. The van der Waals surface area contributed by atoms with Crippen LogP contribution in [0.1, 0.15) is 15.9 Å². The number of ketones is 1. The van der Waals surface area contributed by atoms with E-state index in [-0.39, 0.29) is 5.78 Å². The number of rotatable bonds is 4. The standard InChI is InChI=1S/C17H12Cl2N2O/c1-20-15(11-3-7-13(18)8-4-11)16(21-2)17(22)12-5-9-14(19)10-6-12/h3-10,16H,1H3. The molecule has 0 radical (unpaired) electrons. The molecular formula is C17H12Cl2N2O. The third-order valence-corrected chi connectivity index (χ3v) is 3.65. The van der Waals surface area contributed by atoms with E-state index in [0.717, 1.165) is 0 Å². The highest BCUT2D eigenvalue weighted by Crippen LogP contribution is 2.17. The maximum absolute atomic E-state index is 12.6. The monoisotopic (exact) mass is 330 g/mol. The molecule has 1 atom stereocenters. The van der Waals surface area contributed by atoms with Gasteiger partial charge in [-0.05, 0) is 36.4 Å². The Morgan fingerprint density at radius 1 is 1.00 bits per heavy atom. The lowest BCUT2D eigenvalue weighted by atomic mass is 9.96. The molecule has 3 nitrogen and oxygen atoms in total. The Morgan fingerprint density at radius 3 is 1.86 bits per heavy atom. The largest absolute Gasteiger partial charge is 0.327 e. The molecule has 2 aromatic rings. The molecule has 110 valence electrons. The van der Waals surface area contributed by atoms with Crippen LogP contribution >= 0.6 is 23.2 Å². The van der Waals surface area contributed by atoms with Gasteiger partial charge in [-0.15, -0.1) is 0 Å². The molecule has 0 aliphatic rings. The number of benzene rings is 2. The minimum atomic E-state index is -0.993. The molecule has 0 fully saturated rings.